The van der Waals surface area contributed by atoms with E-state index in [1.165, 1.54) is 17.5 Å². The number of ether oxygens (including phenoxy) is 1. The van der Waals surface area contributed by atoms with Gasteiger partial charge in [-0.2, -0.15) is 11.3 Å². The zero-order valence-corrected chi connectivity index (χ0v) is 22.5. The SMILES string of the molecule is O=C(N[C@@H](CC1CCCCC1)C(=O)N[C@@]1(S(=O)(=O)C2=NC=CCO2)CCN[C@@H](CO)CC1)c1ccsc1. The molecule has 12 heteroatoms. The molecule has 0 aromatic carbocycles. The van der Waals surface area contributed by atoms with Crippen LogP contribution in [0.1, 0.15) is 68.1 Å². The van der Waals surface area contributed by atoms with Gasteiger partial charge < -0.3 is 25.8 Å². The number of carbonyl (C=O) groups excluding carboxylic acids is 2. The summed E-state index contributed by atoms with van der Waals surface area (Å²) in [6.07, 6.45) is 9.14. The lowest BCUT2D eigenvalue weighted by molar-refractivity contribution is -0.124. The van der Waals surface area contributed by atoms with Crippen LogP contribution in [0.15, 0.2) is 34.1 Å². The van der Waals surface area contributed by atoms with Crippen molar-refractivity contribution in [3.8, 4) is 0 Å². The third-order valence-electron chi connectivity index (χ3n) is 7.46. The van der Waals surface area contributed by atoms with Gasteiger partial charge in [-0.3, -0.25) is 9.59 Å². The first-order valence-corrected chi connectivity index (χ1v) is 15.4. The van der Waals surface area contributed by atoms with Gasteiger partial charge in [0.05, 0.1) is 12.2 Å². The average Bonchev–Trinajstić information content (AvgIpc) is 3.38. The summed E-state index contributed by atoms with van der Waals surface area (Å²) in [6.45, 7) is 0.189. The zero-order valence-electron chi connectivity index (χ0n) is 20.9. The molecule has 0 bridgehead atoms. The number of hydrogen-bond donors (Lipinski definition) is 4. The molecule has 1 saturated heterocycles. The van der Waals surface area contributed by atoms with Crippen molar-refractivity contribution in [3.63, 3.8) is 0 Å². The molecule has 1 aromatic heterocycles. The van der Waals surface area contributed by atoms with E-state index in [1.807, 2.05) is 0 Å². The zero-order chi connectivity index (χ0) is 26.3. The fourth-order valence-electron chi connectivity index (χ4n) is 5.29. The molecule has 204 valence electrons. The summed E-state index contributed by atoms with van der Waals surface area (Å²) >= 11 is 1.39. The summed E-state index contributed by atoms with van der Waals surface area (Å²) in [5, 5.41) is 21.6. The van der Waals surface area contributed by atoms with Crippen molar-refractivity contribution in [3.05, 3.63) is 34.7 Å². The first-order chi connectivity index (χ1) is 17.8. The molecule has 0 spiro atoms. The molecule has 10 nitrogen and oxygen atoms in total. The van der Waals surface area contributed by atoms with E-state index in [4.69, 9.17) is 4.74 Å². The predicted octanol–water partition coefficient (Wildman–Crippen LogP) is 2.08. The molecule has 3 atom stereocenters. The van der Waals surface area contributed by atoms with Crippen LogP contribution in [0.4, 0.5) is 0 Å². The monoisotopic (exact) mass is 552 g/mol. The lowest BCUT2D eigenvalue weighted by Gasteiger charge is -2.35. The Labute approximate surface area is 221 Å². The second-order valence-corrected chi connectivity index (χ2v) is 12.9. The van der Waals surface area contributed by atoms with Gasteiger partial charge in [0, 0.05) is 17.6 Å². The van der Waals surface area contributed by atoms with Crippen LogP contribution in [-0.4, -0.2) is 67.3 Å². The summed E-state index contributed by atoms with van der Waals surface area (Å²) in [5.41, 5.74) is 0.468. The van der Waals surface area contributed by atoms with Gasteiger partial charge in [0.15, 0.2) is 4.87 Å². The summed E-state index contributed by atoms with van der Waals surface area (Å²) < 4.78 is 33.2. The normalized spacial score (nSPS) is 25.9. The maximum atomic E-state index is 13.9. The maximum Gasteiger partial charge on any atom is 0.312 e. The molecular weight excluding hydrogens is 516 g/mol. The number of sulfone groups is 1. The Balaban J connectivity index is 1.62. The van der Waals surface area contributed by atoms with E-state index < -0.39 is 31.9 Å². The van der Waals surface area contributed by atoms with E-state index in [-0.39, 0.29) is 50.5 Å². The standard InChI is InChI=1S/C25H36N4O6S2/c30-16-20-7-9-25(10-12-26-20,37(33,34)24-27-11-4-13-35-24)29-23(32)21(15-18-5-2-1-3-6-18)28-22(31)19-8-14-36-17-19/h4,8,11,14,17-18,20-21,26,30H,1-3,5-7,9-10,12-13,15-16H2,(H,28,31)(H,29,32)/t20-,21+,25+/m1/s1. The quantitative estimate of drug-likeness (QED) is 0.386. The van der Waals surface area contributed by atoms with E-state index in [2.05, 4.69) is 20.9 Å². The van der Waals surface area contributed by atoms with Crippen molar-refractivity contribution in [2.45, 2.75) is 74.7 Å². The van der Waals surface area contributed by atoms with Gasteiger partial charge in [-0.15, -0.1) is 0 Å². The van der Waals surface area contributed by atoms with Gasteiger partial charge in [-0.05, 0) is 55.7 Å². The Kier molecular flexibility index (Phi) is 9.38. The van der Waals surface area contributed by atoms with Crippen LogP contribution in [0.5, 0.6) is 0 Å². The molecule has 0 unspecified atom stereocenters. The molecule has 37 heavy (non-hydrogen) atoms. The summed E-state index contributed by atoms with van der Waals surface area (Å²) in [7, 11) is -4.22. The molecule has 4 N–H and O–H groups in total. The number of rotatable bonds is 8. The molecule has 2 aliphatic heterocycles. The van der Waals surface area contributed by atoms with Gasteiger partial charge >= 0.3 is 5.23 Å². The summed E-state index contributed by atoms with van der Waals surface area (Å²) in [4.78, 5) is 29.0. The van der Waals surface area contributed by atoms with E-state index in [9.17, 15) is 23.1 Å². The molecule has 0 radical (unpaired) electrons. The molecule has 1 aromatic rings. The lowest BCUT2D eigenvalue weighted by atomic mass is 9.84. The number of hydrogen-bond acceptors (Lipinski definition) is 9. The average molecular weight is 553 g/mol. The molecule has 1 aliphatic carbocycles. The van der Waals surface area contributed by atoms with Crippen LogP contribution in [0, 0.1) is 5.92 Å². The topological polar surface area (TPSA) is 146 Å². The van der Waals surface area contributed by atoms with Gasteiger partial charge in [0.1, 0.15) is 12.6 Å². The van der Waals surface area contributed by atoms with Crippen molar-refractivity contribution < 1.29 is 27.9 Å². The van der Waals surface area contributed by atoms with Crippen LogP contribution in [0.3, 0.4) is 0 Å². The van der Waals surface area contributed by atoms with Gasteiger partial charge in [0.25, 0.3) is 15.7 Å². The van der Waals surface area contributed by atoms with Gasteiger partial charge in [-0.25, -0.2) is 13.4 Å². The van der Waals surface area contributed by atoms with E-state index in [0.29, 0.717) is 18.4 Å². The Hall–Kier alpha value is -2.28. The third-order valence-corrected chi connectivity index (χ3v) is 10.4. The highest BCUT2D eigenvalue weighted by molar-refractivity contribution is 8.07. The Bertz CT molecular complexity index is 1100. The fraction of sp³-hybridized carbons (Fsp3) is 0.640. The maximum absolute atomic E-state index is 13.9. The number of aliphatic imine (C=N–C) groups is 1. The molecule has 2 amide bonds. The summed E-state index contributed by atoms with van der Waals surface area (Å²) in [6, 6.07) is 0.514. The van der Waals surface area contributed by atoms with Crippen molar-refractivity contribution in [1.29, 1.82) is 0 Å². The van der Waals surface area contributed by atoms with Crippen molar-refractivity contribution >= 4 is 38.2 Å². The molecule has 1 saturated carbocycles. The summed E-state index contributed by atoms with van der Waals surface area (Å²) in [5.74, 6) is -0.625. The van der Waals surface area contributed by atoms with Crippen LogP contribution in [0.2, 0.25) is 0 Å². The minimum Gasteiger partial charge on any atom is -0.465 e. The Morgan fingerprint density at radius 1 is 1.24 bits per heavy atom. The molecule has 3 heterocycles. The number of amides is 2. The largest absolute Gasteiger partial charge is 0.465 e. The van der Waals surface area contributed by atoms with Crippen molar-refractivity contribution in [2.24, 2.45) is 10.9 Å². The highest BCUT2D eigenvalue weighted by atomic mass is 32.2. The minimum atomic E-state index is -4.22. The first kappa shape index (κ1) is 27.7. The number of carbonyl (C=O) groups is 2. The Morgan fingerprint density at radius 3 is 2.73 bits per heavy atom. The number of nitrogens with zero attached hydrogens (tertiary/aromatic N) is 1. The number of aliphatic hydroxyl groups excluding tert-OH is 1. The number of nitrogens with one attached hydrogen (secondary N) is 3. The highest BCUT2D eigenvalue weighted by Gasteiger charge is 2.51. The van der Waals surface area contributed by atoms with Crippen molar-refractivity contribution in [2.75, 3.05) is 19.8 Å². The van der Waals surface area contributed by atoms with Gasteiger partial charge in [-0.1, -0.05) is 32.1 Å². The second kappa shape index (κ2) is 12.5. The van der Waals surface area contributed by atoms with E-state index >= 15 is 0 Å². The fourth-order valence-corrected chi connectivity index (χ4v) is 7.68. The van der Waals surface area contributed by atoms with Crippen LogP contribution < -0.4 is 16.0 Å². The molecule has 4 rings (SSSR count). The van der Waals surface area contributed by atoms with Crippen molar-refractivity contribution in [1.82, 2.24) is 16.0 Å². The van der Waals surface area contributed by atoms with Crippen LogP contribution >= 0.6 is 11.3 Å². The predicted molar refractivity (Wildman–Crippen MR) is 142 cm³/mol. The van der Waals surface area contributed by atoms with Gasteiger partial charge in [0.2, 0.25) is 5.91 Å². The van der Waals surface area contributed by atoms with Crippen LogP contribution in [0.25, 0.3) is 0 Å². The number of thiophene rings is 1. The van der Waals surface area contributed by atoms with Crippen LogP contribution in [-0.2, 0) is 19.4 Å². The lowest BCUT2D eigenvalue weighted by Crippen LogP contribution is -2.61. The molecular formula is C25H36N4O6S2. The first-order valence-electron chi connectivity index (χ1n) is 12.9. The smallest absolute Gasteiger partial charge is 0.312 e. The highest BCUT2D eigenvalue weighted by Crippen LogP contribution is 2.32. The Morgan fingerprint density at radius 2 is 2.05 bits per heavy atom. The third kappa shape index (κ3) is 6.60. The van der Waals surface area contributed by atoms with E-state index in [1.54, 1.807) is 22.9 Å². The molecule has 3 aliphatic rings. The minimum absolute atomic E-state index is 0.0678. The second-order valence-electron chi connectivity index (χ2n) is 9.98. The number of aliphatic hydroxyl groups is 1. The van der Waals surface area contributed by atoms with E-state index in [0.717, 1.165) is 32.1 Å². The molecule has 2 fully saturated rings.